The summed E-state index contributed by atoms with van der Waals surface area (Å²) in [7, 11) is 4.01. The second-order valence-corrected chi connectivity index (χ2v) is 7.97. The van der Waals surface area contributed by atoms with Crippen molar-refractivity contribution in [3.63, 3.8) is 0 Å². The van der Waals surface area contributed by atoms with Crippen LogP contribution in [0.3, 0.4) is 0 Å². The van der Waals surface area contributed by atoms with Gasteiger partial charge in [-0.1, -0.05) is 48.2 Å². The second-order valence-electron chi connectivity index (χ2n) is 6.29. The number of anilines is 2. The summed E-state index contributed by atoms with van der Waals surface area (Å²) < 4.78 is 0.579. The normalized spacial score (nSPS) is 16.0. The molecule has 1 fully saturated rings. The minimum atomic E-state index is -0.0552. The first kappa shape index (κ1) is 17.7. The summed E-state index contributed by atoms with van der Waals surface area (Å²) in [6.07, 6.45) is 1.91. The van der Waals surface area contributed by atoms with Crippen molar-refractivity contribution in [3.05, 3.63) is 64.1 Å². The Hall–Kier alpha value is -2.11. The van der Waals surface area contributed by atoms with Crippen molar-refractivity contribution in [2.45, 2.75) is 13.8 Å². The average Bonchev–Trinajstić information content (AvgIpc) is 2.84. The van der Waals surface area contributed by atoms with Crippen molar-refractivity contribution in [1.29, 1.82) is 0 Å². The first-order chi connectivity index (χ1) is 11.9. The number of benzene rings is 2. The third kappa shape index (κ3) is 3.62. The Morgan fingerprint density at radius 2 is 1.76 bits per heavy atom. The van der Waals surface area contributed by atoms with E-state index in [9.17, 15) is 4.79 Å². The van der Waals surface area contributed by atoms with Crippen LogP contribution < -0.4 is 9.80 Å². The van der Waals surface area contributed by atoms with Crippen LogP contribution in [0, 0.1) is 13.8 Å². The van der Waals surface area contributed by atoms with Gasteiger partial charge in [0.1, 0.15) is 0 Å². The van der Waals surface area contributed by atoms with Gasteiger partial charge in [0.05, 0.1) is 10.6 Å². The zero-order valence-corrected chi connectivity index (χ0v) is 16.4. The van der Waals surface area contributed by atoms with Crippen LogP contribution in [0.1, 0.15) is 16.7 Å². The number of thiocarbonyl (C=S) groups is 1. The molecule has 0 aromatic heterocycles. The van der Waals surface area contributed by atoms with Crippen molar-refractivity contribution in [2.75, 3.05) is 23.9 Å². The van der Waals surface area contributed by atoms with Crippen LogP contribution in [-0.4, -0.2) is 24.3 Å². The van der Waals surface area contributed by atoms with Crippen LogP contribution in [0.4, 0.5) is 11.4 Å². The number of amides is 1. The number of hydrogen-bond acceptors (Lipinski definition) is 4. The minimum Gasteiger partial charge on any atom is -0.378 e. The number of rotatable bonds is 3. The summed E-state index contributed by atoms with van der Waals surface area (Å²) in [5, 5.41) is 0. The SMILES string of the molecule is Cc1ccc(C)c(N2C(=O)/C(=C/c3ccc(N(C)C)cc3)SC2=S)c1. The monoisotopic (exact) mass is 368 g/mol. The van der Waals surface area contributed by atoms with Gasteiger partial charge in [-0.05, 0) is 54.8 Å². The molecule has 2 aromatic carbocycles. The molecule has 1 aliphatic heterocycles. The molecule has 0 N–H and O–H groups in total. The van der Waals surface area contributed by atoms with E-state index in [1.165, 1.54) is 11.8 Å². The molecule has 1 amide bonds. The Bertz CT molecular complexity index is 870. The van der Waals surface area contributed by atoms with Crippen LogP contribution in [0.2, 0.25) is 0 Å². The molecule has 128 valence electrons. The van der Waals surface area contributed by atoms with E-state index >= 15 is 0 Å². The van der Waals surface area contributed by atoms with Gasteiger partial charge in [0.2, 0.25) is 0 Å². The fourth-order valence-corrected chi connectivity index (χ4v) is 3.94. The van der Waals surface area contributed by atoms with Crippen LogP contribution in [0.15, 0.2) is 47.4 Å². The predicted octanol–water partition coefficient (Wildman–Crippen LogP) is 4.78. The van der Waals surface area contributed by atoms with Gasteiger partial charge in [-0.3, -0.25) is 9.69 Å². The molecule has 25 heavy (non-hydrogen) atoms. The molecule has 1 saturated heterocycles. The summed E-state index contributed by atoms with van der Waals surface area (Å²) in [5.41, 5.74) is 5.14. The Morgan fingerprint density at radius 3 is 2.40 bits per heavy atom. The summed E-state index contributed by atoms with van der Waals surface area (Å²) in [5.74, 6) is -0.0552. The first-order valence-corrected chi connectivity index (χ1v) is 9.22. The van der Waals surface area contributed by atoms with E-state index in [4.69, 9.17) is 12.2 Å². The van der Waals surface area contributed by atoms with E-state index in [2.05, 4.69) is 0 Å². The van der Waals surface area contributed by atoms with Gasteiger partial charge >= 0.3 is 0 Å². The van der Waals surface area contributed by atoms with Gasteiger partial charge in [-0.15, -0.1) is 0 Å². The van der Waals surface area contributed by atoms with Gasteiger partial charge in [-0.2, -0.15) is 0 Å². The molecule has 5 heteroatoms. The molecule has 3 nitrogen and oxygen atoms in total. The largest absolute Gasteiger partial charge is 0.378 e. The van der Waals surface area contributed by atoms with Crippen LogP contribution in [0.25, 0.3) is 6.08 Å². The number of thioether (sulfide) groups is 1. The maximum Gasteiger partial charge on any atom is 0.270 e. The maximum atomic E-state index is 12.9. The number of carbonyl (C=O) groups is 1. The molecule has 0 atom stereocenters. The quantitative estimate of drug-likeness (QED) is 0.575. The molecule has 2 aromatic rings. The van der Waals surface area contributed by atoms with Gasteiger partial charge < -0.3 is 4.90 Å². The highest BCUT2D eigenvalue weighted by molar-refractivity contribution is 8.27. The lowest BCUT2D eigenvalue weighted by Gasteiger charge is -2.17. The highest BCUT2D eigenvalue weighted by Crippen LogP contribution is 2.37. The average molecular weight is 369 g/mol. The molecular formula is C20H20N2OS2. The lowest BCUT2D eigenvalue weighted by molar-refractivity contribution is -0.113. The van der Waals surface area contributed by atoms with Crippen molar-refractivity contribution in [1.82, 2.24) is 0 Å². The van der Waals surface area contributed by atoms with Gasteiger partial charge in [0, 0.05) is 19.8 Å². The Balaban J connectivity index is 1.91. The van der Waals surface area contributed by atoms with E-state index in [1.54, 1.807) is 4.90 Å². The van der Waals surface area contributed by atoms with E-state index in [0.717, 1.165) is 28.1 Å². The van der Waals surface area contributed by atoms with E-state index < -0.39 is 0 Å². The maximum absolute atomic E-state index is 12.9. The van der Waals surface area contributed by atoms with Crippen molar-refractivity contribution < 1.29 is 4.79 Å². The predicted molar refractivity (Wildman–Crippen MR) is 112 cm³/mol. The summed E-state index contributed by atoms with van der Waals surface area (Å²) in [6.45, 7) is 4.01. The third-order valence-electron chi connectivity index (χ3n) is 4.11. The highest BCUT2D eigenvalue weighted by Gasteiger charge is 2.34. The highest BCUT2D eigenvalue weighted by atomic mass is 32.2. The molecule has 0 radical (unpaired) electrons. The summed E-state index contributed by atoms with van der Waals surface area (Å²) in [4.78, 5) is 17.2. The Morgan fingerprint density at radius 1 is 1.08 bits per heavy atom. The van der Waals surface area contributed by atoms with Crippen LogP contribution in [0.5, 0.6) is 0 Å². The summed E-state index contributed by atoms with van der Waals surface area (Å²) >= 11 is 6.83. The Labute approximate surface area is 158 Å². The first-order valence-electron chi connectivity index (χ1n) is 7.99. The lowest BCUT2D eigenvalue weighted by atomic mass is 10.1. The number of hydrogen-bond donors (Lipinski definition) is 0. The fraction of sp³-hybridized carbons (Fsp3) is 0.200. The fourth-order valence-electron chi connectivity index (χ4n) is 2.66. The number of nitrogens with zero attached hydrogens (tertiary/aromatic N) is 2. The van der Waals surface area contributed by atoms with Crippen molar-refractivity contribution >= 4 is 51.7 Å². The molecule has 0 aliphatic carbocycles. The van der Waals surface area contributed by atoms with Crippen LogP contribution in [-0.2, 0) is 4.79 Å². The topological polar surface area (TPSA) is 23.6 Å². The molecule has 1 heterocycles. The van der Waals surface area contributed by atoms with E-state index in [0.29, 0.717) is 9.23 Å². The minimum absolute atomic E-state index is 0.0552. The Kier molecular flexibility index (Phi) is 4.97. The molecule has 0 bridgehead atoms. The molecule has 1 aliphatic rings. The van der Waals surface area contributed by atoms with Crippen LogP contribution >= 0.6 is 24.0 Å². The van der Waals surface area contributed by atoms with Crippen molar-refractivity contribution in [3.8, 4) is 0 Å². The zero-order valence-electron chi connectivity index (χ0n) is 14.7. The van der Waals surface area contributed by atoms with Gasteiger partial charge in [-0.25, -0.2) is 0 Å². The van der Waals surface area contributed by atoms with Crippen molar-refractivity contribution in [2.24, 2.45) is 0 Å². The molecule has 0 unspecified atom stereocenters. The van der Waals surface area contributed by atoms with Gasteiger partial charge in [0.25, 0.3) is 5.91 Å². The van der Waals surface area contributed by atoms with Gasteiger partial charge in [0.15, 0.2) is 4.32 Å². The summed E-state index contributed by atoms with van der Waals surface area (Å²) in [6, 6.07) is 14.2. The van der Waals surface area contributed by atoms with E-state index in [1.807, 2.05) is 81.4 Å². The lowest BCUT2D eigenvalue weighted by Crippen LogP contribution is -2.28. The molecular weight excluding hydrogens is 348 g/mol. The smallest absolute Gasteiger partial charge is 0.270 e. The van der Waals surface area contributed by atoms with E-state index in [-0.39, 0.29) is 5.91 Å². The number of aryl methyl sites for hydroxylation is 2. The molecule has 3 rings (SSSR count). The zero-order chi connectivity index (χ0) is 18.1. The second kappa shape index (κ2) is 7.02. The number of carbonyl (C=O) groups excluding carboxylic acids is 1. The molecule has 0 saturated carbocycles. The standard InChI is InChI=1S/C20H20N2OS2/c1-13-5-6-14(2)17(11-13)22-19(23)18(25-20(22)24)12-15-7-9-16(10-8-15)21(3)4/h5-12H,1-4H3/b18-12-. The molecule has 0 spiro atoms. The third-order valence-corrected chi connectivity index (χ3v) is 5.41.